The number of nitrogens with one attached hydrogen (secondary N) is 2. The van der Waals surface area contributed by atoms with Crippen molar-refractivity contribution in [2.75, 3.05) is 25.6 Å². The molecule has 0 aliphatic heterocycles. The number of carbonyl (C=O) groups is 1. The molecule has 0 heterocycles. The van der Waals surface area contributed by atoms with E-state index in [1.807, 2.05) is 6.07 Å². The average Bonchev–Trinajstić information content (AvgIpc) is 2.35. The molecule has 18 heavy (non-hydrogen) atoms. The molecule has 4 N–H and O–H groups in total. The standard InChI is InChI=1S/C12H17N3O2S/c1-17-7-3-6-14-12(18)15-10-5-2-4-9(8-10)11(13)16/h2,4-5,8H,3,6-7H2,1H3,(H2,13,16)(H2,14,15,18). The van der Waals surface area contributed by atoms with Crippen LogP contribution in [0.5, 0.6) is 0 Å². The van der Waals surface area contributed by atoms with E-state index >= 15 is 0 Å². The quantitative estimate of drug-likeness (QED) is 0.531. The van der Waals surface area contributed by atoms with E-state index in [1.54, 1.807) is 25.3 Å². The maximum absolute atomic E-state index is 11.0. The van der Waals surface area contributed by atoms with Crippen LogP contribution in [0.3, 0.4) is 0 Å². The largest absolute Gasteiger partial charge is 0.385 e. The first-order chi connectivity index (χ1) is 8.63. The summed E-state index contributed by atoms with van der Waals surface area (Å²) >= 11 is 5.12. The fraction of sp³-hybridized carbons (Fsp3) is 0.333. The molecule has 0 atom stereocenters. The van der Waals surface area contributed by atoms with E-state index in [0.29, 0.717) is 17.3 Å². The van der Waals surface area contributed by atoms with Gasteiger partial charge in [-0.15, -0.1) is 0 Å². The van der Waals surface area contributed by atoms with Crippen LogP contribution in [-0.4, -0.2) is 31.3 Å². The van der Waals surface area contributed by atoms with Crippen LogP contribution in [0.1, 0.15) is 16.8 Å². The summed E-state index contributed by atoms with van der Waals surface area (Å²) in [4.78, 5) is 11.0. The third-order valence-electron chi connectivity index (χ3n) is 2.22. The Kier molecular flexibility index (Phi) is 6.10. The van der Waals surface area contributed by atoms with Crippen molar-refractivity contribution < 1.29 is 9.53 Å². The van der Waals surface area contributed by atoms with Crippen LogP contribution < -0.4 is 16.4 Å². The first kappa shape index (κ1) is 14.4. The molecular weight excluding hydrogens is 250 g/mol. The van der Waals surface area contributed by atoms with Gasteiger partial charge in [-0.3, -0.25) is 4.79 Å². The zero-order chi connectivity index (χ0) is 13.4. The Morgan fingerprint density at radius 3 is 2.94 bits per heavy atom. The number of methoxy groups -OCH3 is 1. The van der Waals surface area contributed by atoms with E-state index in [4.69, 9.17) is 22.7 Å². The normalized spacial score (nSPS) is 9.83. The van der Waals surface area contributed by atoms with Crippen molar-refractivity contribution in [2.24, 2.45) is 5.73 Å². The van der Waals surface area contributed by atoms with E-state index in [0.717, 1.165) is 18.7 Å². The fourth-order valence-corrected chi connectivity index (χ4v) is 1.56. The van der Waals surface area contributed by atoms with Gasteiger partial charge < -0.3 is 21.1 Å². The SMILES string of the molecule is COCCCNC(=S)Nc1cccc(C(N)=O)c1. The first-order valence-corrected chi connectivity index (χ1v) is 5.98. The summed E-state index contributed by atoms with van der Waals surface area (Å²) in [6, 6.07) is 6.87. The summed E-state index contributed by atoms with van der Waals surface area (Å²) in [5.74, 6) is -0.461. The zero-order valence-corrected chi connectivity index (χ0v) is 11.0. The van der Waals surface area contributed by atoms with Crippen LogP contribution in [0.15, 0.2) is 24.3 Å². The molecular formula is C12H17N3O2S. The second-order valence-electron chi connectivity index (χ2n) is 3.67. The molecule has 1 amide bonds. The van der Waals surface area contributed by atoms with Crippen LogP contribution in [0, 0.1) is 0 Å². The molecule has 0 aliphatic carbocycles. The third kappa shape index (κ3) is 5.11. The number of hydrogen-bond donors (Lipinski definition) is 3. The fourth-order valence-electron chi connectivity index (χ4n) is 1.34. The molecule has 6 heteroatoms. The number of benzene rings is 1. The maximum atomic E-state index is 11.0. The van der Waals surface area contributed by atoms with Gasteiger partial charge in [0, 0.05) is 31.5 Å². The Labute approximate surface area is 112 Å². The maximum Gasteiger partial charge on any atom is 0.248 e. The minimum absolute atomic E-state index is 0.446. The number of primary amides is 1. The molecule has 1 aromatic carbocycles. The van der Waals surface area contributed by atoms with E-state index in [9.17, 15) is 4.79 Å². The summed E-state index contributed by atoms with van der Waals surface area (Å²) in [6.07, 6.45) is 0.875. The molecule has 0 saturated carbocycles. The number of hydrogen-bond acceptors (Lipinski definition) is 3. The van der Waals surface area contributed by atoms with Crippen molar-refractivity contribution in [1.29, 1.82) is 0 Å². The number of nitrogens with two attached hydrogens (primary N) is 1. The summed E-state index contributed by atoms with van der Waals surface area (Å²) < 4.78 is 4.93. The molecule has 0 radical (unpaired) electrons. The van der Waals surface area contributed by atoms with Gasteiger partial charge in [-0.05, 0) is 36.8 Å². The second kappa shape index (κ2) is 7.62. The minimum atomic E-state index is -0.461. The minimum Gasteiger partial charge on any atom is -0.385 e. The highest BCUT2D eigenvalue weighted by Gasteiger charge is 2.02. The first-order valence-electron chi connectivity index (χ1n) is 5.57. The lowest BCUT2D eigenvalue weighted by Crippen LogP contribution is -2.29. The van der Waals surface area contributed by atoms with Crippen LogP contribution in [0.25, 0.3) is 0 Å². The van der Waals surface area contributed by atoms with Gasteiger partial charge in [0.15, 0.2) is 5.11 Å². The third-order valence-corrected chi connectivity index (χ3v) is 2.46. The van der Waals surface area contributed by atoms with Crippen molar-refractivity contribution in [3.8, 4) is 0 Å². The van der Waals surface area contributed by atoms with E-state index in [-0.39, 0.29) is 0 Å². The van der Waals surface area contributed by atoms with Gasteiger partial charge in [0.1, 0.15) is 0 Å². The van der Waals surface area contributed by atoms with Crippen LogP contribution in [0.2, 0.25) is 0 Å². The number of anilines is 1. The van der Waals surface area contributed by atoms with Crippen molar-refractivity contribution in [1.82, 2.24) is 5.32 Å². The highest BCUT2D eigenvalue weighted by molar-refractivity contribution is 7.80. The number of amides is 1. The van der Waals surface area contributed by atoms with E-state index in [1.165, 1.54) is 0 Å². The lowest BCUT2D eigenvalue weighted by Gasteiger charge is -2.10. The van der Waals surface area contributed by atoms with E-state index in [2.05, 4.69) is 10.6 Å². The van der Waals surface area contributed by atoms with Gasteiger partial charge in [-0.1, -0.05) is 6.07 Å². The molecule has 0 aromatic heterocycles. The topological polar surface area (TPSA) is 76.4 Å². The lowest BCUT2D eigenvalue weighted by molar-refractivity contribution is 0.100. The van der Waals surface area contributed by atoms with E-state index < -0.39 is 5.91 Å². The Bertz CT molecular complexity index is 424. The molecule has 0 aliphatic rings. The van der Waals surface area contributed by atoms with Gasteiger partial charge in [-0.2, -0.15) is 0 Å². The molecule has 0 spiro atoms. The zero-order valence-electron chi connectivity index (χ0n) is 10.2. The molecule has 1 rings (SSSR count). The average molecular weight is 267 g/mol. The van der Waals surface area contributed by atoms with Gasteiger partial charge in [0.25, 0.3) is 0 Å². The second-order valence-corrected chi connectivity index (χ2v) is 4.08. The highest BCUT2D eigenvalue weighted by Crippen LogP contribution is 2.09. The number of thiocarbonyl (C=S) groups is 1. The Morgan fingerprint density at radius 1 is 1.50 bits per heavy atom. The predicted molar refractivity (Wildman–Crippen MR) is 75.7 cm³/mol. The summed E-state index contributed by atoms with van der Waals surface area (Å²) in [7, 11) is 1.66. The Hall–Kier alpha value is -1.66. The van der Waals surface area contributed by atoms with Gasteiger partial charge in [0.05, 0.1) is 0 Å². The van der Waals surface area contributed by atoms with Crippen molar-refractivity contribution in [2.45, 2.75) is 6.42 Å². The van der Waals surface area contributed by atoms with Crippen LogP contribution >= 0.6 is 12.2 Å². The van der Waals surface area contributed by atoms with Gasteiger partial charge in [0.2, 0.25) is 5.91 Å². The van der Waals surface area contributed by atoms with Crippen molar-refractivity contribution >= 4 is 28.9 Å². The number of ether oxygens (including phenoxy) is 1. The summed E-state index contributed by atoms with van der Waals surface area (Å²) in [5, 5.41) is 6.53. The molecule has 0 fully saturated rings. The highest BCUT2D eigenvalue weighted by atomic mass is 32.1. The van der Waals surface area contributed by atoms with Gasteiger partial charge >= 0.3 is 0 Å². The van der Waals surface area contributed by atoms with Gasteiger partial charge in [-0.25, -0.2) is 0 Å². The summed E-state index contributed by atoms with van der Waals surface area (Å²) in [5.41, 5.74) is 6.38. The Balaban J connectivity index is 2.44. The molecule has 0 unspecified atom stereocenters. The molecule has 0 bridgehead atoms. The Morgan fingerprint density at radius 2 is 2.28 bits per heavy atom. The molecule has 98 valence electrons. The number of rotatable bonds is 6. The molecule has 1 aromatic rings. The summed E-state index contributed by atoms with van der Waals surface area (Å²) in [6.45, 7) is 1.42. The number of carbonyl (C=O) groups excluding carboxylic acids is 1. The molecule has 5 nitrogen and oxygen atoms in total. The van der Waals surface area contributed by atoms with Crippen LogP contribution in [0.4, 0.5) is 5.69 Å². The van der Waals surface area contributed by atoms with Crippen molar-refractivity contribution in [3.63, 3.8) is 0 Å². The lowest BCUT2D eigenvalue weighted by atomic mass is 10.2. The van der Waals surface area contributed by atoms with Crippen LogP contribution in [-0.2, 0) is 4.74 Å². The molecule has 0 saturated heterocycles. The predicted octanol–water partition coefficient (Wildman–Crippen LogP) is 1.11. The van der Waals surface area contributed by atoms with Crippen molar-refractivity contribution in [3.05, 3.63) is 29.8 Å². The monoisotopic (exact) mass is 267 g/mol. The smallest absolute Gasteiger partial charge is 0.248 e.